The monoisotopic (exact) mass is 654 g/mol. The lowest BCUT2D eigenvalue weighted by atomic mass is 9.99. The maximum atomic E-state index is 6.13. The van der Waals surface area contributed by atoms with Crippen LogP contribution in [0.1, 0.15) is 0 Å². The summed E-state index contributed by atoms with van der Waals surface area (Å²) in [6.45, 7) is 0. The van der Waals surface area contributed by atoms with Crippen LogP contribution in [0.15, 0.2) is 211 Å². The SMILES string of the molecule is c1ccc(N(c2ccccc2)c2ccc(-c3ccc(-c4ccc(N(c5ccccc5)c5ccc6oc7ccccc7c6c5)cc4)cc3)cc2)cc1. The molecule has 0 N–H and O–H groups in total. The van der Waals surface area contributed by atoms with Crippen LogP contribution in [0, 0.1) is 0 Å². The molecule has 51 heavy (non-hydrogen) atoms. The van der Waals surface area contributed by atoms with E-state index >= 15 is 0 Å². The maximum absolute atomic E-state index is 6.13. The van der Waals surface area contributed by atoms with Crippen molar-refractivity contribution in [1.82, 2.24) is 0 Å². The minimum Gasteiger partial charge on any atom is -0.456 e. The molecule has 0 aliphatic carbocycles. The van der Waals surface area contributed by atoms with Gasteiger partial charge in [0.15, 0.2) is 0 Å². The molecular formula is C48H34N2O. The molecule has 0 spiro atoms. The standard InChI is InChI=1S/C48H34N2O/c1-4-12-39(13-5-1)49(40-14-6-2-7-15-40)42-28-24-37(25-29-42)35-20-22-36(23-21-35)38-26-30-43(31-27-38)50(41-16-8-3-9-17-41)44-32-33-48-46(34-44)45-18-10-11-19-47(45)51-48/h1-34H. The van der Waals surface area contributed by atoms with Gasteiger partial charge in [-0.15, -0.1) is 0 Å². The van der Waals surface area contributed by atoms with E-state index < -0.39 is 0 Å². The van der Waals surface area contributed by atoms with Crippen molar-refractivity contribution >= 4 is 56.1 Å². The van der Waals surface area contributed by atoms with Gasteiger partial charge in [-0.1, -0.05) is 121 Å². The predicted octanol–water partition coefficient (Wildman–Crippen LogP) is 13.9. The molecule has 242 valence electrons. The quantitative estimate of drug-likeness (QED) is 0.163. The Labute approximate surface area is 297 Å². The van der Waals surface area contributed by atoms with E-state index in [2.05, 4.69) is 204 Å². The number of rotatable bonds is 8. The smallest absolute Gasteiger partial charge is 0.135 e. The van der Waals surface area contributed by atoms with Crippen molar-refractivity contribution in [3.8, 4) is 22.3 Å². The van der Waals surface area contributed by atoms with Gasteiger partial charge in [-0.05, 0) is 107 Å². The third kappa shape index (κ3) is 5.92. The van der Waals surface area contributed by atoms with Crippen molar-refractivity contribution in [3.63, 3.8) is 0 Å². The van der Waals surface area contributed by atoms with Crippen molar-refractivity contribution in [1.29, 1.82) is 0 Å². The van der Waals surface area contributed by atoms with E-state index in [-0.39, 0.29) is 0 Å². The third-order valence-corrected chi connectivity index (χ3v) is 9.46. The van der Waals surface area contributed by atoms with E-state index in [1.807, 2.05) is 12.1 Å². The molecule has 0 amide bonds. The molecule has 9 rings (SSSR count). The summed E-state index contributed by atoms with van der Waals surface area (Å²) in [6.07, 6.45) is 0. The molecule has 3 heteroatoms. The Morgan fingerprint density at radius 1 is 0.255 bits per heavy atom. The number of fused-ring (bicyclic) bond motifs is 3. The topological polar surface area (TPSA) is 19.6 Å². The average Bonchev–Trinajstić information content (AvgIpc) is 3.58. The molecule has 0 radical (unpaired) electrons. The number of para-hydroxylation sites is 4. The molecule has 3 nitrogen and oxygen atoms in total. The van der Waals surface area contributed by atoms with E-state index in [1.54, 1.807) is 0 Å². The second kappa shape index (κ2) is 13.2. The van der Waals surface area contributed by atoms with Gasteiger partial charge < -0.3 is 14.2 Å². The van der Waals surface area contributed by atoms with Crippen LogP contribution in [0.4, 0.5) is 34.1 Å². The van der Waals surface area contributed by atoms with Crippen LogP contribution >= 0.6 is 0 Å². The minimum atomic E-state index is 0.893. The summed E-state index contributed by atoms with van der Waals surface area (Å²) in [7, 11) is 0. The molecule has 0 saturated carbocycles. The van der Waals surface area contributed by atoms with E-state index in [9.17, 15) is 0 Å². The summed E-state index contributed by atoms with van der Waals surface area (Å²) in [5.41, 5.74) is 13.2. The van der Waals surface area contributed by atoms with Crippen LogP contribution < -0.4 is 9.80 Å². The van der Waals surface area contributed by atoms with Gasteiger partial charge >= 0.3 is 0 Å². The van der Waals surface area contributed by atoms with Crippen molar-refractivity contribution in [3.05, 3.63) is 206 Å². The molecule has 0 bridgehead atoms. The number of hydrogen-bond acceptors (Lipinski definition) is 3. The first-order chi connectivity index (χ1) is 25.3. The van der Waals surface area contributed by atoms with Gasteiger partial charge in [-0.2, -0.15) is 0 Å². The first-order valence-corrected chi connectivity index (χ1v) is 17.3. The summed E-state index contributed by atoms with van der Waals surface area (Å²) < 4.78 is 6.13. The second-order valence-electron chi connectivity index (χ2n) is 12.6. The lowest BCUT2D eigenvalue weighted by molar-refractivity contribution is 0.669. The van der Waals surface area contributed by atoms with E-state index in [4.69, 9.17) is 4.42 Å². The van der Waals surface area contributed by atoms with E-state index in [0.717, 1.165) is 56.1 Å². The van der Waals surface area contributed by atoms with Gasteiger partial charge in [0.1, 0.15) is 11.2 Å². The first-order valence-electron chi connectivity index (χ1n) is 17.3. The highest BCUT2D eigenvalue weighted by Crippen LogP contribution is 2.40. The Morgan fingerprint density at radius 3 is 1.06 bits per heavy atom. The lowest BCUT2D eigenvalue weighted by Gasteiger charge is -2.25. The molecule has 0 fully saturated rings. The third-order valence-electron chi connectivity index (χ3n) is 9.46. The molecule has 0 unspecified atom stereocenters. The largest absolute Gasteiger partial charge is 0.456 e. The summed E-state index contributed by atoms with van der Waals surface area (Å²) >= 11 is 0. The fourth-order valence-corrected chi connectivity index (χ4v) is 6.94. The molecular weight excluding hydrogens is 621 g/mol. The number of anilines is 6. The van der Waals surface area contributed by atoms with Gasteiger partial charge in [0.05, 0.1) is 0 Å². The van der Waals surface area contributed by atoms with Crippen molar-refractivity contribution in [2.45, 2.75) is 0 Å². The van der Waals surface area contributed by atoms with Crippen LogP contribution in [0.2, 0.25) is 0 Å². The highest BCUT2D eigenvalue weighted by Gasteiger charge is 2.16. The molecule has 1 aromatic heterocycles. The van der Waals surface area contributed by atoms with Crippen molar-refractivity contribution in [2.24, 2.45) is 0 Å². The van der Waals surface area contributed by atoms with Gasteiger partial charge in [0, 0.05) is 44.9 Å². The molecule has 0 aliphatic heterocycles. The van der Waals surface area contributed by atoms with Crippen molar-refractivity contribution < 1.29 is 4.42 Å². The highest BCUT2D eigenvalue weighted by atomic mass is 16.3. The molecule has 0 aliphatic rings. The maximum Gasteiger partial charge on any atom is 0.135 e. The van der Waals surface area contributed by atoms with E-state index in [1.165, 1.54) is 22.3 Å². The van der Waals surface area contributed by atoms with Crippen LogP contribution in [0.5, 0.6) is 0 Å². The van der Waals surface area contributed by atoms with E-state index in [0.29, 0.717) is 0 Å². The number of benzene rings is 8. The Hall–Kier alpha value is -6.84. The molecule has 0 saturated heterocycles. The Bertz CT molecular complexity index is 2500. The zero-order valence-corrected chi connectivity index (χ0v) is 27.9. The van der Waals surface area contributed by atoms with Crippen LogP contribution in [0.3, 0.4) is 0 Å². The fourth-order valence-electron chi connectivity index (χ4n) is 6.94. The molecule has 9 aromatic rings. The molecule has 1 heterocycles. The van der Waals surface area contributed by atoms with Crippen LogP contribution in [0.25, 0.3) is 44.2 Å². The number of nitrogens with zero attached hydrogens (tertiary/aromatic N) is 2. The van der Waals surface area contributed by atoms with Gasteiger partial charge in [0.25, 0.3) is 0 Å². The zero-order chi connectivity index (χ0) is 34.0. The second-order valence-corrected chi connectivity index (χ2v) is 12.6. The molecule has 0 atom stereocenters. The average molecular weight is 655 g/mol. The minimum absolute atomic E-state index is 0.893. The Balaban J connectivity index is 0.988. The van der Waals surface area contributed by atoms with Gasteiger partial charge in [-0.3, -0.25) is 0 Å². The van der Waals surface area contributed by atoms with Crippen molar-refractivity contribution in [2.75, 3.05) is 9.80 Å². The number of furan rings is 1. The van der Waals surface area contributed by atoms with Gasteiger partial charge in [0.2, 0.25) is 0 Å². The summed E-state index contributed by atoms with van der Waals surface area (Å²) in [5, 5.41) is 2.23. The number of hydrogen-bond donors (Lipinski definition) is 0. The highest BCUT2D eigenvalue weighted by molar-refractivity contribution is 6.06. The lowest BCUT2D eigenvalue weighted by Crippen LogP contribution is -2.09. The first kappa shape index (κ1) is 30.2. The Kier molecular flexibility index (Phi) is 7.84. The normalized spacial score (nSPS) is 11.1. The fraction of sp³-hybridized carbons (Fsp3) is 0. The zero-order valence-electron chi connectivity index (χ0n) is 27.9. The Morgan fingerprint density at radius 2 is 0.588 bits per heavy atom. The van der Waals surface area contributed by atoms with Crippen LogP contribution in [-0.2, 0) is 0 Å². The molecule has 8 aromatic carbocycles. The van der Waals surface area contributed by atoms with Gasteiger partial charge in [-0.25, -0.2) is 0 Å². The summed E-state index contributed by atoms with van der Waals surface area (Å²) in [6, 6.07) is 72.7. The summed E-state index contributed by atoms with van der Waals surface area (Å²) in [5.74, 6) is 0. The summed E-state index contributed by atoms with van der Waals surface area (Å²) in [4.78, 5) is 4.59. The predicted molar refractivity (Wildman–Crippen MR) is 214 cm³/mol. The van der Waals surface area contributed by atoms with Crippen LogP contribution in [-0.4, -0.2) is 0 Å².